The van der Waals surface area contributed by atoms with Crippen LogP contribution in [0.5, 0.6) is 0 Å². The van der Waals surface area contributed by atoms with E-state index in [1.807, 2.05) is 13.0 Å². The summed E-state index contributed by atoms with van der Waals surface area (Å²) in [6.07, 6.45) is 0. The number of carbonyl (C=O) groups excluding carboxylic acids is 2. The zero-order valence-corrected chi connectivity index (χ0v) is 17.9. The van der Waals surface area contributed by atoms with Gasteiger partial charge >= 0.3 is 0 Å². The van der Waals surface area contributed by atoms with Gasteiger partial charge in [0.1, 0.15) is 5.38 Å². The maximum Gasteiger partial charge on any atom is 0.250 e. The molecule has 0 bridgehead atoms. The molecule has 3 aromatic rings. The first kappa shape index (κ1) is 19.5. The molecule has 0 saturated carbocycles. The van der Waals surface area contributed by atoms with Crippen molar-refractivity contribution in [3.8, 4) is 0 Å². The number of halogens is 3. The first-order valence-electron chi connectivity index (χ1n) is 8.33. The summed E-state index contributed by atoms with van der Waals surface area (Å²) in [6, 6.07) is 10.5. The number of benzene rings is 2. The Labute approximate surface area is 180 Å². The fraction of sp³-hybridized carbons (Fsp3) is 0.211. The molecule has 1 aliphatic heterocycles. The molecule has 1 saturated heterocycles. The molecule has 2 unspecified atom stereocenters. The number of aromatic nitrogens is 1. The van der Waals surface area contributed by atoms with E-state index in [0.29, 0.717) is 26.4 Å². The lowest BCUT2D eigenvalue weighted by Gasteiger charge is -2.52. The van der Waals surface area contributed by atoms with Gasteiger partial charge in [-0.15, -0.1) is 11.6 Å². The van der Waals surface area contributed by atoms with Gasteiger partial charge in [-0.3, -0.25) is 14.5 Å². The number of nitrogens with zero attached hydrogens (tertiary/aromatic N) is 2. The van der Waals surface area contributed by atoms with E-state index in [1.54, 1.807) is 35.2 Å². The van der Waals surface area contributed by atoms with Crippen LogP contribution in [0.3, 0.4) is 0 Å². The standard InChI is InChI=1S/C19H14Cl3N3O2S/c1-9(26)23-11-4-6-14-15(8-11)28-18(24-14)25-17(27)16(22)19(25,2)12-5-3-10(20)7-13(12)21/h3-8,16H,1-2H3,(H,23,26). The lowest BCUT2D eigenvalue weighted by Crippen LogP contribution is -2.69. The van der Waals surface area contributed by atoms with Crippen molar-refractivity contribution in [2.75, 3.05) is 10.2 Å². The fourth-order valence-corrected chi connectivity index (χ4v) is 5.40. The highest BCUT2D eigenvalue weighted by atomic mass is 35.5. The summed E-state index contributed by atoms with van der Waals surface area (Å²) >= 11 is 20.2. The largest absolute Gasteiger partial charge is 0.326 e. The summed E-state index contributed by atoms with van der Waals surface area (Å²) in [5.41, 5.74) is 1.25. The number of hydrogen-bond donors (Lipinski definition) is 1. The highest BCUT2D eigenvalue weighted by molar-refractivity contribution is 7.22. The minimum atomic E-state index is -0.853. The van der Waals surface area contributed by atoms with Gasteiger partial charge in [0.05, 0.1) is 15.8 Å². The molecule has 1 aromatic heterocycles. The van der Waals surface area contributed by atoms with E-state index in [0.717, 1.165) is 10.2 Å². The highest BCUT2D eigenvalue weighted by Gasteiger charge is 2.59. The normalized spacial score (nSPS) is 21.7. The Hall–Kier alpha value is -1.86. The van der Waals surface area contributed by atoms with E-state index in [1.165, 1.54) is 18.3 Å². The summed E-state index contributed by atoms with van der Waals surface area (Å²) in [6.45, 7) is 3.30. The summed E-state index contributed by atoms with van der Waals surface area (Å²) < 4.78 is 0.844. The third-order valence-corrected chi connectivity index (χ3v) is 6.92. The molecule has 1 fully saturated rings. The predicted molar refractivity (Wildman–Crippen MR) is 115 cm³/mol. The second-order valence-electron chi connectivity index (χ2n) is 6.67. The summed E-state index contributed by atoms with van der Waals surface area (Å²) in [4.78, 5) is 30.1. The Balaban J connectivity index is 1.78. The molecule has 0 spiro atoms. The smallest absolute Gasteiger partial charge is 0.250 e. The Morgan fingerprint density at radius 2 is 2.00 bits per heavy atom. The molecular formula is C19H14Cl3N3O2S. The Kier molecular flexibility index (Phi) is 4.78. The number of alkyl halides is 1. The number of hydrogen-bond acceptors (Lipinski definition) is 4. The van der Waals surface area contributed by atoms with Crippen LogP contribution in [0.2, 0.25) is 10.0 Å². The molecule has 2 aromatic carbocycles. The SMILES string of the molecule is CC(=O)Nc1ccc2nc(N3C(=O)C(Cl)C3(C)c3ccc(Cl)cc3Cl)sc2c1. The summed E-state index contributed by atoms with van der Waals surface area (Å²) in [5, 5.41) is 3.43. The van der Waals surface area contributed by atoms with Crippen LogP contribution in [0.25, 0.3) is 10.2 Å². The lowest BCUT2D eigenvalue weighted by atomic mass is 9.79. The first-order valence-corrected chi connectivity index (χ1v) is 10.3. The van der Waals surface area contributed by atoms with Crippen LogP contribution in [-0.2, 0) is 15.1 Å². The van der Waals surface area contributed by atoms with Crippen molar-refractivity contribution in [1.82, 2.24) is 4.98 Å². The van der Waals surface area contributed by atoms with Gasteiger partial charge in [-0.2, -0.15) is 0 Å². The van der Waals surface area contributed by atoms with E-state index in [4.69, 9.17) is 34.8 Å². The maximum atomic E-state index is 12.7. The molecule has 2 amide bonds. The number of nitrogens with one attached hydrogen (secondary N) is 1. The Bertz CT molecular complexity index is 1130. The third kappa shape index (κ3) is 2.95. The van der Waals surface area contributed by atoms with Gasteiger partial charge in [0, 0.05) is 22.7 Å². The van der Waals surface area contributed by atoms with Crippen LogP contribution >= 0.6 is 46.1 Å². The van der Waals surface area contributed by atoms with Crippen LogP contribution < -0.4 is 10.2 Å². The lowest BCUT2D eigenvalue weighted by molar-refractivity contribution is -0.126. The Morgan fingerprint density at radius 3 is 2.68 bits per heavy atom. The number of fused-ring (bicyclic) bond motifs is 1. The highest BCUT2D eigenvalue weighted by Crippen LogP contribution is 2.51. The third-order valence-electron chi connectivity index (χ3n) is 4.76. The second-order valence-corrected chi connectivity index (χ2v) is 8.96. The molecule has 5 nitrogen and oxygen atoms in total. The van der Waals surface area contributed by atoms with Gasteiger partial charge in [0.25, 0.3) is 0 Å². The number of amides is 2. The van der Waals surface area contributed by atoms with Crippen molar-refractivity contribution in [1.29, 1.82) is 0 Å². The van der Waals surface area contributed by atoms with Crippen molar-refractivity contribution in [2.45, 2.75) is 24.8 Å². The van der Waals surface area contributed by atoms with Crippen molar-refractivity contribution < 1.29 is 9.59 Å². The van der Waals surface area contributed by atoms with Gasteiger partial charge in [-0.1, -0.05) is 40.6 Å². The van der Waals surface area contributed by atoms with E-state index >= 15 is 0 Å². The van der Waals surface area contributed by atoms with Crippen LogP contribution in [0.4, 0.5) is 10.8 Å². The molecule has 1 N–H and O–H groups in total. The maximum absolute atomic E-state index is 12.7. The van der Waals surface area contributed by atoms with Crippen molar-refractivity contribution in [3.05, 3.63) is 52.0 Å². The molecule has 144 valence electrons. The number of anilines is 2. The zero-order valence-electron chi connectivity index (χ0n) is 14.8. The van der Waals surface area contributed by atoms with Gasteiger partial charge in [0.2, 0.25) is 11.8 Å². The van der Waals surface area contributed by atoms with Crippen LogP contribution in [-0.4, -0.2) is 22.2 Å². The number of β-lactam (4-membered cyclic amide) rings is 1. The van der Waals surface area contributed by atoms with E-state index in [9.17, 15) is 9.59 Å². The number of carbonyl (C=O) groups is 2. The van der Waals surface area contributed by atoms with Gasteiger partial charge < -0.3 is 5.32 Å². The Morgan fingerprint density at radius 1 is 1.25 bits per heavy atom. The van der Waals surface area contributed by atoms with E-state index < -0.39 is 10.9 Å². The topological polar surface area (TPSA) is 62.3 Å². The fourth-order valence-electron chi connectivity index (χ4n) is 3.37. The van der Waals surface area contributed by atoms with Gasteiger partial charge in [-0.05, 0) is 42.8 Å². The van der Waals surface area contributed by atoms with Crippen LogP contribution in [0.1, 0.15) is 19.4 Å². The van der Waals surface area contributed by atoms with Crippen molar-refractivity contribution in [3.63, 3.8) is 0 Å². The molecule has 1 aliphatic rings. The van der Waals surface area contributed by atoms with Crippen molar-refractivity contribution >= 4 is 79.0 Å². The van der Waals surface area contributed by atoms with Crippen molar-refractivity contribution in [2.24, 2.45) is 0 Å². The van der Waals surface area contributed by atoms with Gasteiger partial charge in [-0.25, -0.2) is 4.98 Å². The average Bonchev–Trinajstić information content (AvgIpc) is 3.02. The number of thiazole rings is 1. The minimum absolute atomic E-state index is 0.156. The molecule has 4 rings (SSSR count). The molecule has 2 heterocycles. The molecule has 9 heteroatoms. The van der Waals surface area contributed by atoms with Crippen LogP contribution in [0, 0.1) is 0 Å². The summed E-state index contributed by atoms with van der Waals surface area (Å²) in [7, 11) is 0. The molecule has 0 aliphatic carbocycles. The number of rotatable bonds is 3. The molecular weight excluding hydrogens is 441 g/mol. The second kappa shape index (κ2) is 6.88. The minimum Gasteiger partial charge on any atom is -0.326 e. The van der Waals surface area contributed by atoms with Gasteiger partial charge in [0.15, 0.2) is 5.13 Å². The molecule has 2 atom stereocenters. The van der Waals surface area contributed by atoms with Crippen LogP contribution in [0.15, 0.2) is 36.4 Å². The summed E-state index contributed by atoms with van der Waals surface area (Å²) in [5.74, 6) is -0.395. The zero-order chi connectivity index (χ0) is 20.2. The van der Waals surface area contributed by atoms with E-state index in [2.05, 4.69) is 10.3 Å². The average molecular weight is 455 g/mol. The quantitative estimate of drug-likeness (QED) is 0.424. The monoisotopic (exact) mass is 453 g/mol. The molecule has 0 radical (unpaired) electrons. The van der Waals surface area contributed by atoms with E-state index in [-0.39, 0.29) is 11.8 Å². The first-order chi connectivity index (χ1) is 13.2. The molecule has 28 heavy (non-hydrogen) atoms. The predicted octanol–water partition coefficient (Wildman–Crippen LogP) is 5.43.